The number of hydrogen-bond acceptors (Lipinski definition) is 2. The van der Waals surface area contributed by atoms with Gasteiger partial charge in [0, 0.05) is 22.6 Å². The number of nitrogens with zero attached hydrogens (tertiary/aromatic N) is 1. The van der Waals surface area contributed by atoms with Crippen LogP contribution in [0.4, 0.5) is 5.69 Å². The summed E-state index contributed by atoms with van der Waals surface area (Å²) in [5.41, 5.74) is 1.27. The first kappa shape index (κ1) is 17.2. The van der Waals surface area contributed by atoms with Crippen LogP contribution in [0.3, 0.4) is 0 Å². The second-order valence-electron chi connectivity index (χ2n) is 5.72. The molecule has 25 heavy (non-hydrogen) atoms. The van der Waals surface area contributed by atoms with Crippen molar-refractivity contribution in [2.45, 2.75) is 0 Å². The van der Waals surface area contributed by atoms with Gasteiger partial charge < -0.3 is 10.2 Å². The lowest BCUT2D eigenvalue weighted by Gasteiger charge is -2.18. The molecule has 0 aromatic heterocycles. The second kappa shape index (κ2) is 7.49. The van der Waals surface area contributed by atoms with Gasteiger partial charge in [-0.2, -0.15) is 0 Å². The van der Waals surface area contributed by atoms with Crippen molar-refractivity contribution in [2.75, 3.05) is 18.9 Å². The third kappa shape index (κ3) is 3.88. The first-order chi connectivity index (χ1) is 12.1. The number of carbonyl (C=O) groups excluding carboxylic acids is 2. The zero-order valence-electron chi connectivity index (χ0n) is 13.7. The Morgan fingerprint density at radius 1 is 0.960 bits per heavy atom. The predicted molar refractivity (Wildman–Crippen MR) is 104 cm³/mol. The molecular formula is C20H17BrN2O2. The number of anilines is 1. The minimum atomic E-state index is -0.237. The highest BCUT2D eigenvalue weighted by molar-refractivity contribution is 9.10. The van der Waals surface area contributed by atoms with Gasteiger partial charge in [0.1, 0.15) is 0 Å². The molecular weight excluding hydrogens is 380 g/mol. The van der Waals surface area contributed by atoms with Crippen LogP contribution in [0.5, 0.6) is 0 Å². The van der Waals surface area contributed by atoms with Crippen molar-refractivity contribution in [2.24, 2.45) is 0 Å². The zero-order chi connectivity index (χ0) is 17.8. The summed E-state index contributed by atoms with van der Waals surface area (Å²) in [4.78, 5) is 26.3. The van der Waals surface area contributed by atoms with Crippen molar-refractivity contribution in [3.63, 3.8) is 0 Å². The fourth-order valence-corrected chi connectivity index (χ4v) is 3.11. The topological polar surface area (TPSA) is 49.4 Å². The Morgan fingerprint density at radius 3 is 2.44 bits per heavy atom. The van der Waals surface area contributed by atoms with Gasteiger partial charge in [0.05, 0.1) is 12.1 Å². The van der Waals surface area contributed by atoms with Gasteiger partial charge in [0.25, 0.3) is 5.91 Å². The largest absolute Gasteiger partial charge is 0.332 e. The molecule has 0 saturated heterocycles. The van der Waals surface area contributed by atoms with E-state index in [9.17, 15) is 9.59 Å². The van der Waals surface area contributed by atoms with Gasteiger partial charge in [-0.05, 0) is 39.5 Å². The molecule has 1 N–H and O–H groups in total. The molecule has 4 nitrogen and oxygen atoms in total. The number of likely N-dealkylation sites (N-methyl/N-ethyl adjacent to an activating group) is 1. The summed E-state index contributed by atoms with van der Waals surface area (Å²) in [6, 6.07) is 20.8. The SMILES string of the molecule is CN(CC(=O)Nc1cccc2ccccc12)C(=O)c1ccccc1Br. The molecule has 0 aliphatic rings. The van der Waals surface area contributed by atoms with Crippen LogP contribution < -0.4 is 5.32 Å². The van der Waals surface area contributed by atoms with E-state index in [2.05, 4.69) is 21.2 Å². The monoisotopic (exact) mass is 396 g/mol. The Kier molecular flexibility index (Phi) is 5.14. The van der Waals surface area contributed by atoms with Crippen LogP contribution in [0.1, 0.15) is 10.4 Å². The Labute approximate surface area is 154 Å². The van der Waals surface area contributed by atoms with Gasteiger partial charge in [-0.15, -0.1) is 0 Å². The molecule has 3 aromatic carbocycles. The van der Waals surface area contributed by atoms with Crippen LogP contribution in [0.25, 0.3) is 10.8 Å². The van der Waals surface area contributed by atoms with Crippen molar-refractivity contribution in [3.8, 4) is 0 Å². The highest BCUT2D eigenvalue weighted by Gasteiger charge is 2.17. The molecule has 0 aliphatic carbocycles. The van der Waals surface area contributed by atoms with E-state index in [0.29, 0.717) is 10.0 Å². The highest BCUT2D eigenvalue weighted by atomic mass is 79.9. The van der Waals surface area contributed by atoms with Crippen molar-refractivity contribution < 1.29 is 9.59 Å². The summed E-state index contributed by atoms with van der Waals surface area (Å²) in [5.74, 6) is -0.445. The fraction of sp³-hybridized carbons (Fsp3) is 0.100. The number of rotatable bonds is 4. The van der Waals surface area contributed by atoms with E-state index in [1.54, 1.807) is 25.2 Å². The van der Waals surface area contributed by atoms with Crippen molar-refractivity contribution >= 4 is 44.2 Å². The molecule has 3 aromatic rings. The summed E-state index contributed by atoms with van der Waals surface area (Å²) >= 11 is 3.36. The van der Waals surface area contributed by atoms with Crippen LogP contribution in [-0.4, -0.2) is 30.3 Å². The molecule has 0 radical (unpaired) electrons. The molecule has 0 fully saturated rings. The Bertz CT molecular complexity index is 934. The first-order valence-corrected chi connectivity index (χ1v) is 8.63. The average Bonchev–Trinajstić information content (AvgIpc) is 2.62. The zero-order valence-corrected chi connectivity index (χ0v) is 15.3. The Hall–Kier alpha value is -2.66. The third-order valence-electron chi connectivity index (χ3n) is 3.90. The van der Waals surface area contributed by atoms with Gasteiger partial charge in [-0.3, -0.25) is 9.59 Å². The van der Waals surface area contributed by atoms with Crippen molar-refractivity contribution in [1.82, 2.24) is 4.90 Å². The number of hydrogen-bond donors (Lipinski definition) is 1. The molecule has 2 amide bonds. The summed E-state index contributed by atoms with van der Waals surface area (Å²) in [6.07, 6.45) is 0. The first-order valence-electron chi connectivity index (χ1n) is 7.84. The van der Waals surface area contributed by atoms with E-state index < -0.39 is 0 Å². The van der Waals surface area contributed by atoms with Crippen LogP contribution >= 0.6 is 15.9 Å². The Morgan fingerprint density at radius 2 is 1.64 bits per heavy atom. The van der Waals surface area contributed by atoms with E-state index in [1.165, 1.54) is 4.90 Å². The van der Waals surface area contributed by atoms with Gasteiger partial charge >= 0.3 is 0 Å². The number of nitrogens with one attached hydrogen (secondary N) is 1. The third-order valence-corrected chi connectivity index (χ3v) is 4.59. The summed E-state index contributed by atoms with van der Waals surface area (Å²) in [5, 5.41) is 4.92. The summed E-state index contributed by atoms with van der Waals surface area (Å²) in [6.45, 7) is -0.0244. The maximum atomic E-state index is 12.5. The lowest BCUT2D eigenvalue weighted by atomic mass is 10.1. The molecule has 0 unspecified atom stereocenters. The van der Waals surface area contributed by atoms with E-state index in [1.807, 2.05) is 48.5 Å². The van der Waals surface area contributed by atoms with Crippen molar-refractivity contribution in [1.29, 1.82) is 0 Å². The molecule has 0 atom stereocenters. The molecule has 0 bridgehead atoms. The van der Waals surface area contributed by atoms with Gasteiger partial charge in [-0.1, -0.05) is 48.5 Å². The molecule has 0 saturated carbocycles. The summed E-state index contributed by atoms with van der Waals surface area (Å²) in [7, 11) is 1.62. The van der Waals surface area contributed by atoms with Gasteiger partial charge in [0.2, 0.25) is 5.91 Å². The minimum absolute atomic E-state index is 0.0244. The van der Waals surface area contributed by atoms with Crippen molar-refractivity contribution in [3.05, 3.63) is 76.8 Å². The predicted octanol–water partition coefficient (Wildman–Crippen LogP) is 4.31. The molecule has 0 aliphatic heterocycles. The van der Waals surface area contributed by atoms with Gasteiger partial charge in [-0.25, -0.2) is 0 Å². The Balaban J connectivity index is 1.72. The maximum Gasteiger partial charge on any atom is 0.255 e. The lowest BCUT2D eigenvalue weighted by Crippen LogP contribution is -2.35. The number of benzene rings is 3. The standard InChI is InChI=1S/C20H17BrN2O2/c1-23(20(25)16-10-4-5-11-17(16)21)13-19(24)22-18-12-6-8-14-7-2-3-9-15(14)18/h2-12H,13H2,1H3,(H,22,24). The van der Waals surface area contributed by atoms with Crippen LogP contribution in [0.15, 0.2) is 71.2 Å². The van der Waals surface area contributed by atoms with E-state index in [-0.39, 0.29) is 18.4 Å². The normalized spacial score (nSPS) is 10.5. The van der Waals surface area contributed by atoms with E-state index in [0.717, 1.165) is 16.5 Å². The van der Waals surface area contributed by atoms with Crippen LogP contribution in [-0.2, 0) is 4.79 Å². The molecule has 126 valence electrons. The highest BCUT2D eigenvalue weighted by Crippen LogP contribution is 2.23. The average molecular weight is 397 g/mol. The molecule has 0 spiro atoms. The molecule has 3 rings (SSSR count). The number of amides is 2. The number of fused-ring (bicyclic) bond motifs is 1. The van der Waals surface area contributed by atoms with Crippen LogP contribution in [0.2, 0.25) is 0 Å². The van der Waals surface area contributed by atoms with E-state index >= 15 is 0 Å². The fourth-order valence-electron chi connectivity index (χ4n) is 2.65. The number of carbonyl (C=O) groups is 2. The maximum absolute atomic E-state index is 12.5. The smallest absolute Gasteiger partial charge is 0.255 e. The van der Waals surface area contributed by atoms with E-state index in [4.69, 9.17) is 0 Å². The quantitative estimate of drug-likeness (QED) is 0.713. The summed E-state index contributed by atoms with van der Waals surface area (Å²) < 4.78 is 0.710. The molecule has 0 heterocycles. The second-order valence-corrected chi connectivity index (χ2v) is 6.57. The minimum Gasteiger partial charge on any atom is -0.332 e. The molecule has 5 heteroatoms. The van der Waals surface area contributed by atoms with Crippen LogP contribution in [0, 0.1) is 0 Å². The number of halogens is 1. The lowest BCUT2D eigenvalue weighted by molar-refractivity contribution is -0.116. The van der Waals surface area contributed by atoms with Gasteiger partial charge in [0.15, 0.2) is 0 Å².